The largest absolute Gasteiger partial charge is 0.396 e. The quantitative estimate of drug-likeness (QED) is 0.861. The summed E-state index contributed by atoms with van der Waals surface area (Å²) in [5, 5.41) is 13.1. The second-order valence-corrected chi connectivity index (χ2v) is 8.27. The fourth-order valence-corrected chi connectivity index (χ4v) is 4.27. The number of anilines is 1. The van der Waals surface area contributed by atoms with Gasteiger partial charge >= 0.3 is 0 Å². The Hall–Kier alpha value is -1.10. The van der Waals surface area contributed by atoms with E-state index in [-0.39, 0.29) is 0 Å². The van der Waals surface area contributed by atoms with Crippen molar-refractivity contribution in [3.8, 4) is 0 Å². The molecule has 0 radical (unpaired) electrons. The van der Waals surface area contributed by atoms with Gasteiger partial charge < -0.3 is 20.2 Å². The van der Waals surface area contributed by atoms with Gasteiger partial charge in [-0.2, -0.15) is 0 Å². The Morgan fingerprint density at radius 1 is 1.12 bits per heavy atom. The standard InChI is InChI=1S/C21H35N3O/c1-16-14-23(3)17(2)12-21(16)22-13-18-4-6-20(7-5-18)24-10-8-19(15-25)9-11-24/h4-7,16-17,19,21-22,25H,8-15H2,1-3H3. The van der Waals surface area contributed by atoms with Crippen molar-refractivity contribution >= 4 is 5.69 Å². The highest BCUT2D eigenvalue weighted by molar-refractivity contribution is 5.48. The molecule has 0 aromatic heterocycles. The van der Waals surface area contributed by atoms with Gasteiger partial charge in [0.25, 0.3) is 0 Å². The molecule has 2 aliphatic heterocycles. The summed E-state index contributed by atoms with van der Waals surface area (Å²) in [6.45, 7) is 9.29. The lowest BCUT2D eigenvalue weighted by Crippen LogP contribution is -2.50. The van der Waals surface area contributed by atoms with Gasteiger partial charge in [-0.15, -0.1) is 0 Å². The highest BCUT2D eigenvalue weighted by atomic mass is 16.3. The van der Waals surface area contributed by atoms with Crippen molar-refractivity contribution in [1.29, 1.82) is 0 Å². The summed E-state index contributed by atoms with van der Waals surface area (Å²) in [6, 6.07) is 10.3. The first-order valence-corrected chi connectivity index (χ1v) is 9.95. The minimum absolute atomic E-state index is 0.340. The zero-order chi connectivity index (χ0) is 17.8. The fraction of sp³-hybridized carbons (Fsp3) is 0.714. The van der Waals surface area contributed by atoms with Crippen molar-refractivity contribution in [1.82, 2.24) is 10.2 Å². The molecule has 2 saturated heterocycles. The molecule has 4 nitrogen and oxygen atoms in total. The van der Waals surface area contributed by atoms with Crippen LogP contribution >= 0.6 is 0 Å². The van der Waals surface area contributed by atoms with E-state index < -0.39 is 0 Å². The number of aliphatic hydroxyl groups is 1. The molecular formula is C21H35N3O. The highest BCUT2D eigenvalue weighted by Gasteiger charge is 2.28. The number of piperidine rings is 2. The maximum absolute atomic E-state index is 9.27. The second kappa shape index (κ2) is 8.52. The fourth-order valence-electron chi connectivity index (χ4n) is 4.27. The summed E-state index contributed by atoms with van der Waals surface area (Å²) in [6.07, 6.45) is 3.44. The van der Waals surface area contributed by atoms with Gasteiger partial charge in [0.15, 0.2) is 0 Å². The molecule has 1 aromatic carbocycles. The third-order valence-electron chi connectivity index (χ3n) is 6.35. The zero-order valence-corrected chi connectivity index (χ0v) is 16.1. The number of rotatable bonds is 5. The molecule has 0 spiro atoms. The molecule has 0 saturated carbocycles. The van der Waals surface area contributed by atoms with E-state index in [1.165, 1.54) is 24.2 Å². The molecule has 4 heteroatoms. The first-order valence-electron chi connectivity index (χ1n) is 9.95. The Kier molecular flexibility index (Phi) is 6.37. The van der Waals surface area contributed by atoms with Crippen LogP contribution in [0.1, 0.15) is 38.7 Å². The summed E-state index contributed by atoms with van der Waals surface area (Å²) < 4.78 is 0. The molecule has 2 fully saturated rings. The number of hydrogen-bond acceptors (Lipinski definition) is 4. The molecule has 2 N–H and O–H groups in total. The number of hydrogen-bond donors (Lipinski definition) is 2. The van der Waals surface area contributed by atoms with E-state index in [1.54, 1.807) is 0 Å². The van der Waals surface area contributed by atoms with Crippen LogP contribution in [-0.2, 0) is 6.54 Å². The van der Waals surface area contributed by atoms with E-state index in [4.69, 9.17) is 0 Å². The van der Waals surface area contributed by atoms with Gasteiger partial charge in [0.05, 0.1) is 0 Å². The highest BCUT2D eigenvalue weighted by Crippen LogP contribution is 2.24. The lowest BCUT2D eigenvalue weighted by atomic mass is 9.89. The monoisotopic (exact) mass is 345 g/mol. The van der Waals surface area contributed by atoms with Crippen LogP contribution in [0.2, 0.25) is 0 Å². The van der Waals surface area contributed by atoms with E-state index in [9.17, 15) is 5.11 Å². The van der Waals surface area contributed by atoms with Crippen LogP contribution in [0.3, 0.4) is 0 Å². The van der Waals surface area contributed by atoms with Gasteiger partial charge in [-0.05, 0) is 62.8 Å². The van der Waals surface area contributed by atoms with Gasteiger partial charge in [0, 0.05) is 50.6 Å². The topological polar surface area (TPSA) is 38.7 Å². The van der Waals surface area contributed by atoms with Crippen molar-refractivity contribution in [3.05, 3.63) is 29.8 Å². The van der Waals surface area contributed by atoms with E-state index in [2.05, 4.69) is 60.3 Å². The number of likely N-dealkylation sites (tertiary alicyclic amines) is 1. The molecule has 140 valence electrons. The minimum atomic E-state index is 0.340. The van der Waals surface area contributed by atoms with Crippen LogP contribution < -0.4 is 10.2 Å². The SMILES string of the molecule is CC1CN(C)C(C)CC1NCc1ccc(N2CCC(CO)CC2)cc1. The van der Waals surface area contributed by atoms with Crippen molar-refractivity contribution < 1.29 is 5.11 Å². The summed E-state index contributed by atoms with van der Waals surface area (Å²) in [5.74, 6) is 1.20. The third kappa shape index (κ3) is 4.75. The third-order valence-corrected chi connectivity index (χ3v) is 6.35. The van der Waals surface area contributed by atoms with Crippen molar-refractivity contribution in [2.24, 2.45) is 11.8 Å². The number of nitrogens with one attached hydrogen (secondary N) is 1. The van der Waals surface area contributed by atoms with E-state index >= 15 is 0 Å². The van der Waals surface area contributed by atoms with Crippen molar-refractivity contribution in [3.63, 3.8) is 0 Å². The molecule has 3 rings (SSSR count). The normalized spacial score (nSPS) is 29.1. The average molecular weight is 346 g/mol. The maximum atomic E-state index is 9.27. The predicted molar refractivity (Wildman–Crippen MR) is 105 cm³/mol. The molecule has 1 aromatic rings. The van der Waals surface area contributed by atoms with Crippen LogP contribution in [-0.4, -0.2) is 55.4 Å². The number of nitrogens with zero attached hydrogens (tertiary/aromatic N) is 2. The molecule has 0 amide bonds. The van der Waals surface area contributed by atoms with E-state index in [0.29, 0.717) is 30.5 Å². The Labute approximate surface area is 153 Å². The van der Waals surface area contributed by atoms with Crippen LogP contribution in [0.15, 0.2) is 24.3 Å². The molecule has 2 heterocycles. The van der Waals surface area contributed by atoms with Gasteiger partial charge in [-0.25, -0.2) is 0 Å². The predicted octanol–water partition coefficient (Wildman–Crippen LogP) is 2.71. The van der Waals surface area contributed by atoms with Gasteiger partial charge in [0.2, 0.25) is 0 Å². The van der Waals surface area contributed by atoms with Gasteiger partial charge in [-0.1, -0.05) is 19.1 Å². The molecule has 3 atom stereocenters. The Bertz CT molecular complexity index is 524. The average Bonchev–Trinajstić information content (AvgIpc) is 2.64. The first-order chi connectivity index (χ1) is 12.1. The second-order valence-electron chi connectivity index (χ2n) is 8.27. The molecule has 0 aliphatic carbocycles. The number of benzene rings is 1. The summed E-state index contributed by atoms with van der Waals surface area (Å²) >= 11 is 0. The van der Waals surface area contributed by atoms with Gasteiger partial charge in [-0.3, -0.25) is 0 Å². The Balaban J connectivity index is 1.49. The molecule has 3 unspecified atom stereocenters. The van der Waals surface area contributed by atoms with Gasteiger partial charge in [0.1, 0.15) is 0 Å². The summed E-state index contributed by atoms with van der Waals surface area (Å²) in [5.41, 5.74) is 2.69. The Morgan fingerprint density at radius 2 is 1.80 bits per heavy atom. The van der Waals surface area contributed by atoms with Crippen LogP contribution in [0.4, 0.5) is 5.69 Å². The molecule has 2 aliphatic rings. The lowest BCUT2D eigenvalue weighted by Gasteiger charge is -2.40. The van der Waals surface area contributed by atoms with Crippen LogP contribution in [0.5, 0.6) is 0 Å². The zero-order valence-electron chi connectivity index (χ0n) is 16.1. The van der Waals surface area contributed by atoms with Crippen molar-refractivity contribution in [2.75, 3.05) is 38.2 Å². The number of aliphatic hydroxyl groups excluding tert-OH is 1. The smallest absolute Gasteiger partial charge is 0.0460 e. The molecule has 0 bridgehead atoms. The molecule has 25 heavy (non-hydrogen) atoms. The summed E-state index contributed by atoms with van der Waals surface area (Å²) in [7, 11) is 2.24. The Morgan fingerprint density at radius 3 is 2.44 bits per heavy atom. The van der Waals surface area contributed by atoms with Crippen LogP contribution in [0.25, 0.3) is 0 Å². The van der Waals surface area contributed by atoms with E-state index in [1.807, 2.05) is 0 Å². The van der Waals surface area contributed by atoms with Crippen LogP contribution in [0, 0.1) is 11.8 Å². The lowest BCUT2D eigenvalue weighted by molar-refractivity contribution is 0.121. The maximum Gasteiger partial charge on any atom is 0.0460 e. The minimum Gasteiger partial charge on any atom is -0.396 e. The summed E-state index contributed by atoms with van der Waals surface area (Å²) in [4.78, 5) is 4.92. The first kappa shape index (κ1) is 18.7. The van der Waals surface area contributed by atoms with Crippen molar-refractivity contribution in [2.45, 2.75) is 51.7 Å². The van der Waals surface area contributed by atoms with E-state index in [0.717, 1.165) is 32.5 Å². The molecular weight excluding hydrogens is 310 g/mol.